The Kier molecular flexibility index (Phi) is 10.5. The van der Waals surface area contributed by atoms with Crippen LogP contribution in [-0.2, 0) is 4.43 Å². The molecule has 0 amide bonds. The first kappa shape index (κ1) is 11.8. The molecule has 2 heteroatoms. The summed E-state index contributed by atoms with van der Waals surface area (Å²) in [6.07, 6.45) is 13.4. The topological polar surface area (TPSA) is 9.23 Å². The Morgan fingerprint density at radius 1 is 1.08 bits per heavy atom. The van der Waals surface area contributed by atoms with Gasteiger partial charge in [-0.15, -0.1) is 0 Å². The molecule has 0 saturated heterocycles. The largest absolute Gasteiger partial charge is 0.559 e. The predicted molar refractivity (Wildman–Crippen MR) is 58.2 cm³/mol. The zero-order valence-electron chi connectivity index (χ0n) is 8.51. The molecule has 0 aromatic carbocycles. The Morgan fingerprint density at radius 2 is 1.75 bits per heavy atom. The standard InChI is InChI=1S/C10H22OSi/c1-2-3-4-5-6-7-8-9-10-11-12/h9-10H,2-8H2,1,12H3/b10-9+. The Morgan fingerprint density at radius 3 is 2.42 bits per heavy atom. The number of hydrogen-bond donors (Lipinski definition) is 0. The molecular weight excluding hydrogens is 164 g/mol. The number of allylic oxidation sites excluding steroid dienone is 1. The molecule has 0 N–H and O–H groups in total. The Hall–Kier alpha value is -0.243. The molecule has 1 nitrogen and oxygen atoms in total. The van der Waals surface area contributed by atoms with Crippen molar-refractivity contribution in [3.63, 3.8) is 0 Å². The molecule has 0 atom stereocenters. The van der Waals surface area contributed by atoms with Gasteiger partial charge in [0.05, 0.1) is 6.26 Å². The fraction of sp³-hybridized carbons (Fsp3) is 0.800. The van der Waals surface area contributed by atoms with Crippen molar-refractivity contribution in [3.05, 3.63) is 12.3 Å². The third-order valence-corrected chi connectivity index (χ3v) is 2.23. The van der Waals surface area contributed by atoms with Crippen LogP contribution in [0.25, 0.3) is 0 Å². The molecule has 0 radical (unpaired) electrons. The van der Waals surface area contributed by atoms with Crippen LogP contribution in [0.4, 0.5) is 0 Å². The van der Waals surface area contributed by atoms with E-state index in [0.29, 0.717) is 0 Å². The molecule has 0 spiro atoms. The third-order valence-electron chi connectivity index (χ3n) is 1.96. The lowest BCUT2D eigenvalue weighted by Gasteiger charge is -1.97. The van der Waals surface area contributed by atoms with Gasteiger partial charge in [-0.2, -0.15) is 0 Å². The number of unbranched alkanes of at least 4 members (excludes halogenated alkanes) is 6. The van der Waals surface area contributed by atoms with Crippen molar-refractivity contribution in [3.8, 4) is 0 Å². The van der Waals surface area contributed by atoms with Gasteiger partial charge < -0.3 is 4.43 Å². The molecule has 12 heavy (non-hydrogen) atoms. The molecule has 0 aromatic rings. The number of rotatable bonds is 8. The molecule has 0 bridgehead atoms. The maximum atomic E-state index is 4.95. The molecular formula is C10H22OSi. The van der Waals surface area contributed by atoms with Crippen LogP contribution in [0.2, 0.25) is 0 Å². The van der Waals surface area contributed by atoms with Crippen LogP contribution < -0.4 is 0 Å². The van der Waals surface area contributed by atoms with Crippen molar-refractivity contribution >= 4 is 10.5 Å². The quantitative estimate of drug-likeness (QED) is 0.321. The summed E-state index contributed by atoms with van der Waals surface area (Å²) in [6.45, 7) is 2.26. The maximum Gasteiger partial charge on any atom is 0.203 e. The van der Waals surface area contributed by atoms with E-state index in [-0.39, 0.29) is 0 Å². The Labute approximate surface area is 79.7 Å². The van der Waals surface area contributed by atoms with Crippen LogP contribution in [0.3, 0.4) is 0 Å². The average molecular weight is 186 g/mol. The summed E-state index contributed by atoms with van der Waals surface area (Å²) in [6, 6.07) is 0. The van der Waals surface area contributed by atoms with Gasteiger partial charge in [-0.25, -0.2) is 0 Å². The third kappa shape index (κ3) is 9.76. The SMILES string of the molecule is CCCCCCCC/C=C/O[SiH3]. The van der Waals surface area contributed by atoms with Crippen molar-refractivity contribution in [2.24, 2.45) is 0 Å². The fourth-order valence-corrected chi connectivity index (χ4v) is 1.40. The maximum absolute atomic E-state index is 4.95. The summed E-state index contributed by atoms with van der Waals surface area (Å²) < 4.78 is 4.95. The predicted octanol–water partition coefficient (Wildman–Crippen LogP) is 2.55. The van der Waals surface area contributed by atoms with E-state index in [1.54, 1.807) is 0 Å². The highest BCUT2D eigenvalue weighted by Gasteiger charge is 1.87. The molecule has 0 heterocycles. The summed E-state index contributed by atoms with van der Waals surface area (Å²) in [5, 5.41) is 0. The molecule has 72 valence electrons. The summed E-state index contributed by atoms with van der Waals surface area (Å²) in [4.78, 5) is 0. The van der Waals surface area contributed by atoms with E-state index in [9.17, 15) is 0 Å². The van der Waals surface area contributed by atoms with Crippen LogP contribution >= 0.6 is 0 Å². The van der Waals surface area contributed by atoms with Crippen molar-refractivity contribution in [2.45, 2.75) is 51.9 Å². The van der Waals surface area contributed by atoms with Crippen molar-refractivity contribution in [1.29, 1.82) is 0 Å². The summed E-state index contributed by atoms with van der Waals surface area (Å²) >= 11 is 0. The Bertz CT molecular complexity index is 102. The van der Waals surface area contributed by atoms with Crippen molar-refractivity contribution in [2.75, 3.05) is 0 Å². The van der Waals surface area contributed by atoms with Gasteiger partial charge in [0.1, 0.15) is 0 Å². The molecule has 0 aliphatic heterocycles. The highest BCUT2D eigenvalue weighted by Crippen LogP contribution is 2.06. The minimum absolute atomic E-state index is 0.823. The van der Waals surface area contributed by atoms with Crippen LogP contribution in [0.15, 0.2) is 12.3 Å². The monoisotopic (exact) mass is 186 g/mol. The molecule has 0 rings (SSSR count). The van der Waals surface area contributed by atoms with E-state index in [1.807, 2.05) is 6.26 Å². The van der Waals surface area contributed by atoms with Crippen LogP contribution in [-0.4, -0.2) is 10.5 Å². The van der Waals surface area contributed by atoms with Gasteiger partial charge >= 0.3 is 0 Å². The summed E-state index contributed by atoms with van der Waals surface area (Å²) in [5.41, 5.74) is 0. The first-order chi connectivity index (χ1) is 5.91. The first-order valence-electron chi connectivity index (χ1n) is 5.09. The van der Waals surface area contributed by atoms with E-state index in [4.69, 9.17) is 4.43 Å². The van der Waals surface area contributed by atoms with Crippen LogP contribution in [0.1, 0.15) is 51.9 Å². The van der Waals surface area contributed by atoms with E-state index >= 15 is 0 Å². The van der Waals surface area contributed by atoms with E-state index in [0.717, 1.165) is 10.5 Å². The highest BCUT2D eigenvalue weighted by molar-refractivity contribution is 5.98. The number of hydrogen-bond acceptors (Lipinski definition) is 1. The molecule has 0 aromatic heterocycles. The van der Waals surface area contributed by atoms with E-state index in [1.165, 1.54) is 44.9 Å². The zero-order valence-corrected chi connectivity index (χ0v) is 10.5. The minimum atomic E-state index is 0.823. The lowest BCUT2D eigenvalue weighted by atomic mass is 10.1. The second kappa shape index (κ2) is 10.8. The lowest BCUT2D eigenvalue weighted by Crippen LogP contribution is -1.77. The lowest BCUT2D eigenvalue weighted by molar-refractivity contribution is 0.529. The smallest absolute Gasteiger partial charge is 0.203 e. The summed E-state index contributed by atoms with van der Waals surface area (Å²) in [7, 11) is 0.823. The van der Waals surface area contributed by atoms with Gasteiger partial charge in [0.25, 0.3) is 0 Å². The molecule has 0 unspecified atom stereocenters. The van der Waals surface area contributed by atoms with Crippen molar-refractivity contribution < 1.29 is 4.43 Å². The van der Waals surface area contributed by atoms with Crippen LogP contribution in [0.5, 0.6) is 0 Å². The molecule has 0 aliphatic rings. The van der Waals surface area contributed by atoms with Crippen molar-refractivity contribution in [1.82, 2.24) is 0 Å². The van der Waals surface area contributed by atoms with Gasteiger partial charge in [0, 0.05) is 0 Å². The molecule has 0 fully saturated rings. The normalized spacial score (nSPS) is 11.1. The average Bonchev–Trinajstić information content (AvgIpc) is 2.10. The Balaban J connectivity index is 2.86. The van der Waals surface area contributed by atoms with Gasteiger partial charge in [-0.05, 0) is 12.8 Å². The van der Waals surface area contributed by atoms with E-state index in [2.05, 4.69) is 13.0 Å². The van der Waals surface area contributed by atoms with E-state index < -0.39 is 0 Å². The highest BCUT2D eigenvalue weighted by atomic mass is 28.2. The first-order valence-corrected chi connectivity index (χ1v) is 5.91. The molecule has 0 aliphatic carbocycles. The fourth-order valence-electron chi connectivity index (χ4n) is 1.21. The molecule has 0 saturated carbocycles. The van der Waals surface area contributed by atoms with Gasteiger partial charge in [-0.1, -0.05) is 45.1 Å². The second-order valence-electron chi connectivity index (χ2n) is 3.16. The second-order valence-corrected chi connectivity index (χ2v) is 3.64. The van der Waals surface area contributed by atoms with Crippen LogP contribution in [0, 0.1) is 0 Å². The van der Waals surface area contributed by atoms with Gasteiger partial charge in [-0.3, -0.25) is 0 Å². The van der Waals surface area contributed by atoms with Gasteiger partial charge in [0.15, 0.2) is 0 Å². The minimum Gasteiger partial charge on any atom is -0.559 e. The van der Waals surface area contributed by atoms with Gasteiger partial charge in [0.2, 0.25) is 10.5 Å². The summed E-state index contributed by atoms with van der Waals surface area (Å²) in [5.74, 6) is 0. The zero-order chi connectivity index (χ0) is 9.07.